The molecule has 2 fully saturated rings. The molecule has 0 aliphatic carbocycles. The fraction of sp³-hybridized carbons (Fsp3) is 0.500. The third-order valence-electron chi connectivity index (χ3n) is 6.81. The minimum Gasteiger partial charge on any atom is -0.381 e. The molecule has 0 N–H and O–H groups in total. The molecule has 1 atom stereocenters. The second-order valence-corrected chi connectivity index (χ2v) is 9.42. The highest BCUT2D eigenvalue weighted by atomic mass is 35.5. The lowest BCUT2D eigenvalue weighted by Gasteiger charge is -2.44. The van der Waals surface area contributed by atoms with E-state index in [1.165, 1.54) is 0 Å². The monoisotopic (exact) mass is 461 g/mol. The second kappa shape index (κ2) is 9.86. The first kappa shape index (κ1) is 22.5. The van der Waals surface area contributed by atoms with Crippen LogP contribution in [0.2, 0.25) is 10.0 Å². The Morgan fingerprint density at radius 1 is 1.16 bits per heavy atom. The summed E-state index contributed by atoms with van der Waals surface area (Å²) in [4.78, 5) is 21.6. The van der Waals surface area contributed by atoms with E-state index in [1.807, 2.05) is 35.2 Å². The van der Waals surface area contributed by atoms with E-state index in [-0.39, 0.29) is 11.3 Å². The summed E-state index contributed by atoms with van der Waals surface area (Å²) in [6.07, 6.45) is 6.46. The largest absolute Gasteiger partial charge is 0.381 e. The molecule has 2 aliphatic heterocycles. The third-order valence-corrected chi connectivity index (χ3v) is 7.55. The first-order valence-corrected chi connectivity index (χ1v) is 11.7. The third kappa shape index (κ3) is 5.06. The van der Waals surface area contributed by atoms with Crippen molar-refractivity contribution < 1.29 is 9.53 Å². The lowest BCUT2D eigenvalue weighted by molar-refractivity contribution is -0.120. The van der Waals surface area contributed by atoms with Gasteiger partial charge in [-0.1, -0.05) is 35.3 Å². The van der Waals surface area contributed by atoms with Gasteiger partial charge in [-0.2, -0.15) is 0 Å². The average Bonchev–Trinajstić information content (AvgIpc) is 2.81. The van der Waals surface area contributed by atoms with Gasteiger partial charge in [-0.3, -0.25) is 9.69 Å². The molecule has 166 valence electrons. The van der Waals surface area contributed by atoms with Crippen molar-refractivity contribution in [1.29, 1.82) is 0 Å². The molecule has 1 amide bonds. The van der Waals surface area contributed by atoms with Crippen LogP contribution in [-0.4, -0.2) is 55.2 Å². The lowest BCUT2D eigenvalue weighted by Crippen LogP contribution is -2.51. The number of rotatable bonds is 6. The molecule has 2 aromatic rings. The van der Waals surface area contributed by atoms with Crippen LogP contribution in [-0.2, 0) is 14.9 Å². The summed E-state index contributed by atoms with van der Waals surface area (Å²) < 4.78 is 5.52. The molecular weight excluding hydrogens is 433 g/mol. The van der Waals surface area contributed by atoms with Crippen LogP contribution < -0.4 is 4.90 Å². The number of pyridine rings is 1. The van der Waals surface area contributed by atoms with E-state index in [9.17, 15) is 4.79 Å². The van der Waals surface area contributed by atoms with E-state index in [0.29, 0.717) is 34.9 Å². The van der Waals surface area contributed by atoms with Gasteiger partial charge in [0.2, 0.25) is 5.91 Å². The van der Waals surface area contributed by atoms with E-state index < -0.39 is 0 Å². The van der Waals surface area contributed by atoms with E-state index in [0.717, 1.165) is 50.9 Å². The zero-order valence-corrected chi connectivity index (χ0v) is 19.4. The molecule has 0 saturated carbocycles. The zero-order chi connectivity index (χ0) is 21.8. The normalized spacial score (nSPS) is 23.3. The molecule has 5 nitrogen and oxygen atoms in total. The molecule has 7 heteroatoms. The van der Waals surface area contributed by atoms with Gasteiger partial charge >= 0.3 is 0 Å². The number of hydrogen-bond acceptors (Lipinski definition) is 4. The smallest absolute Gasteiger partial charge is 0.228 e. The van der Waals surface area contributed by atoms with Gasteiger partial charge in [0.15, 0.2) is 0 Å². The number of amides is 1. The van der Waals surface area contributed by atoms with Crippen molar-refractivity contribution in [2.24, 2.45) is 0 Å². The van der Waals surface area contributed by atoms with Crippen molar-refractivity contribution in [2.45, 2.75) is 43.6 Å². The molecular formula is C24H29Cl2N3O2. The van der Waals surface area contributed by atoms with Gasteiger partial charge in [-0.05, 0) is 62.1 Å². The van der Waals surface area contributed by atoms with Gasteiger partial charge in [0.25, 0.3) is 0 Å². The van der Waals surface area contributed by atoms with Gasteiger partial charge in [0, 0.05) is 44.8 Å². The number of nitrogens with zero attached hydrogens (tertiary/aromatic N) is 3. The Kier molecular flexibility index (Phi) is 7.17. The highest BCUT2D eigenvalue weighted by Gasteiger charge is 2.41. The molecule has 0 radical (unpaired) electrons. The summed E-state index contributed by atoms with van der Waals surface area (Å²) in [7, 11) is 1.80. The van der Waals surface area contributed by atoms with Crippen LogP contribution in [0.15, 0.2) is 42.6 Å². The minimum absolute atomic E-state index is 0.121. The lowest BCUT2D eigenvalue weighted by atomic mass is 9.71. The Morgan fingerprint density at radius 3 is 2.65 bits per heavy atom. The summed E-state index contributed by atoms with van der Waals surface area (Å²) in [6.45, 7) is 3.65. The topological polar surface area (TPSA) is 45.7 Å². The molecule has 0 bridgehead atoms. The number of hydrogen-bond donors (Lipinski definition) is 0. The van der Waals surface area contributed by atoms with E-state index in [2.05, 4.69) is 16.0 Å². The van der Waals surface area contributed by atoms with Crippen LogP contribution >= 0.6 is 23.2 Å². The predicted octanol–water partition coefficient (Wildman–Crippen LogP) is 4.95. The van der Waals surface area contributed by atoms with Gasteiger partial charge < -0.3 is 9.64 Å². The maximum atomic E-state index is 12.8. The van der Waals surface area contributed by atoms with Crippen LogP contribution in [0.5, 0.6) is 0 Å². The number of piperidine rings is 2. The summed E-state index contributed by atoms with van der Waals surface area (Å²) in [5, 5.41) is 1.11. The van der Waals surface area contributed by atoms with Gasteiger partial charge in [0.1, 0.15) is 5.82 Å². The van der Waals surface area contributed by atoms with E-state index >= 15 is 0 Å². The standard InChI is InChI=1S/C24H29Cl2N3O2/c1-31-19-8-13-28(14-9-19)15-11-24(18-5-6-20(25)21(26)16-18)10-7-23(30)29(17-24)22-4-2-3-12-27-22/h2-6,12,16,19H,7-11,13-15,17H2,1H3/t24-/m1/s1. The van der Waals surface area contributed by atoms with Crippen molar-refractivity contribution in [1.82, 2.24) is 9.88 Å². The Balaban J connectivity index is 1.60. The maximum absolute atomic E-state index is 12.8. The Labute approximate surface area is 194 Å². The maximum Gasteiger partial charge on any atom is 0.228 e. The van der Waals surface area contributed by atoms with E-state index in [4.69, 9.17) is 27.9 Å². The number of ether oxygens (including phenoxy) is 1. The van der Waals surface area contributed by atoms with Crippen molar-refractivity contribution in [2.75, 3.05) is 38.2 Å². The zero-order valence-electron chi connectivity index (χ0n) is 17.9. The van der Waals surface area contributed by atoms with Crippen molar-refractivity contribution in [3.63, 3.8) is 0 Å². The van der Waals surface area contributed by atoms with Gasteiger partial charge in [-0.15, -0.1) is 0 Å². The molecule has 1 aromatic heterocycles. The summed E-state index contributed by atoms with van der Waals surface area (Å²) in [5.41, 5.74) is 0.944. The number of carbonyl (C=O) groups excluding carboxylic acids is 1. The summed E-state index contributed by atoms with van der Waals surface area (Å²) in [5.74, 6) is 0.827. The first-order valence-electron chi connectivity index (χ1n) is 10.9. The fourth-order valence-corrected chi connectivity index (χ4v) is 5.12. The van der Waals surface area contributed by atoms with Gasteiger partial charge in [0.05, 0.1) is 16.1 Å². The highest BCUT2D eigenvalue weighted by molar-refractivity contribution is 6.42. The van der Waals surface area contributed by atoms with E-state index in [1.54, 1.807) is 13.3 Å². The van der Waals surface area contributed by atoms with Crippen LogP contribution in [0, 0.1) is 0 Å². The molecule has 0 spiro atoms. The van der Waals surface area contributed by atoms with Crippen molar-refractivity contribution >= 4 is 34.9 Å². The number of anilines is 1. The number of halogens is 2. The molecule has 0 unspecified atom stereocenters. The average molecular weight is 462 g/mol. The van der Waals surface area contributed by atoms with Crippen molar-refractivity contribution in [3.05, 3.63) is 58.2 Å². The predicted molar refractivity (Wildman–Crippen MR) is 125 cm³/mol. The fourth-order valence-electron chi connectivity index (χ4n) is 4.82. The molecule has 4 rings (SSSR count). The summed E-state index contributed by atoms with van der Waals surface area (Å²) >= 11 is 12.6. The van der Waals surface area contributed by atoms with Crippen LogP contribution in [0.3, 0.4) is 0 Å². The second-order valence-electron chi connectivity index (χ2n) is 8.60. The first-order chi connectivity index (χ1) is 15.0. The quantitative estimate of drug-likeness (QED) is 0.609. The molecule has 31 heavy (non-hydrogen) atoms. The number of carbonyl (C=O) groups is 1. The Hall–Kier alpha value is -1.66. The minimum atomic E-state index is -0.197. The van der Waals surface area contributed by atoms with Crippen LogP contribution in [0.25, 0.3) is 0 Å². The summed E-state index contributed by atoms with van der Waals surface area (Å²) in [6, 6.07) is 11.6. The SMILES string of the molecule is COC1CCN(CC[C@]2(c3ccc(Cl)c(Cl)c3)CCC(=O)N(c3ccccn3)C2)CC1. The van der Waals surface area contributed by atoms with Crippen LogP contribution in [0.4, 0.5) is 5.82 Å². The van der Waals surface area contributed by atoms with Crippen molar-refractivity contribution in [3.8, 4) is 0 Å². The Bertz CT molecular complexity index is 903. The molecule has 1 aromatic carbocycles. The number of benzene rings is 1. The molecule has 2 saturated heterocycles. The van der Waals surface area contributed by atoms with Crippen LogP contribution in [0.1, 0.15) is 37.7 Å². The molecule has 2 aliphatic rings. The number of aromatic nitrogens is 1. The number of methoxy groups -OCH3 is 1. The molecule has 3 heterocycles. The Morgan fingerprint density at radius 2 is 1.97 bits per heavy atom. The highest BCUT2D eigenvalue weighted by Crippen LogP contribution is 2.41. The number of likely N-dealkylation sites (tertiary alicyclic amines) is 1. The van der Waals surface area contributed by atoms with Gasteiger partial charge in [-0.25, -0.2) is 4.98 Å².